The van der Waals surface area contributed by atoms with Gasteiger partial charge < -0.3 is 18.9 Å². The van der Waals surface area contributed by atoms with E-state index in [4.69, 9.17) is 9.47 Å². The second-order valence-electron chi connectivity index (χ2n) is 12.1. The average molecular weight is 769 g/mol. The van der Waals surface area contributed by atoms with Crippen LogP contribution in [0.2, 0.25) is 0 Å². The zero-order valence-electron chi connectivity index (χ0n) is 29.7. The van der Waals surface area contributed by atoms with Crippen LogP contribution >= 0.6 is 46.6 Å². The smallest absolute Gasteiger partial charge is 0.263 e. The molecule has 2 aliphatic rings. The van der Waals surface area contributed by atoms with Gasteiger partial charge in [0.05, 0.1) is 45.7 Å². The van der Waals surface area contributed by atoms with Gasteiger partial charge in [-0.1, -0.05) is 53.8 Å². The number of rotatable bonds is 9. The molecule has 50 heavy (non-hydrogen) atoms. The molecule has 266 valence electrons. The predicted molar refractivity (Wildman–Crippen MR) is 211 cm³/mol. The van der Waals surface area contributed by atoms with E-state index in [0.29, 0.717) is 5.92 Å². The van der Waals surface area contributed by atoms with Crippen LogP contribution in [-0.2, 0) is 16.7 Å². The lowest BCUT2D eigenvalue weighted by molar-refractivity contribution is -0.665. The molecule has 1 unspecified atom stereocenters. The lowest BCUT2D eigenvalue weighted by Crippen LogP contribution is -2.33. The van der Waals surface area contributed by atoms with Crippen LogP contribution in [0.15, 0.2) is 96.4 Å². The van der Waals surface area contributed by atoms with Crippen LogP contribution in [0.3, 0.4) is 0 Å². The number of aryl methyl sites for hydroxylation is 2. The fourth-order valence-corrected chi connectivity index (χ4v) is 10.4. The Morgan fingerprint density at radius 1 is 0.980 bits per heavy atom. The van der Waals surface area contributed by atoms with Gasteiger partial charge in [0.1, 0.15) is 32.9 Å². The molecule has 6 rings (SSSR count). The Kier molecular flexibility index (Phi) is 12.8. The van der Waals surface area contributed by atoms with E-state index in [1.807, 2.05) is 30.0 Å². The molecule has 0 fully saturated rings. The molecule has 1 atom stereocenters. The molecule has 0 saturated carbocycles. The van der Waals surface area contributed by atoms with E-state index < -0.39 is 10.1 Å². The van der Waals surface area contributed by atoms with Gasteiger partial charge in [-0.25, -0.2) is 8.42 Å². The van der Waals surface area contributed by atoms with Crippen molar-refractivity contribution in [1.29, 1.82) is 0 Å². The number of thioether (sulfide) groups is 3. The molecule has 1 aliphatic heterocycles. The number of ether oxygens (including phenoxy) is 2. The van der Waals surface area contributed by atoms with E-state index in [1.54, 1.807) is 49.9 Å². The Morgan fingerprint density at radius 2 is 1.64 bits per heavy atom. The first-order valence-electron chi connectivity index (χ1n) is 16.4. The van der Waals surface area contributed by atoms with Crippen molar-refractivity contribution in [3.05, 3.63) is 87.4 Å². The minimum Gasteiger partial charge on any atom is -0.744 e. The molecule has 0 bridgehead atoms. The summed E-state index contributed by atoms with van der Waals surface area (Å²) in [5.74, 6) is 2.51. The van der Waals surface area contributed by atoms with Gasteiger partial charge in [0.2, 0.25) is 5.52 Å². The normalized spacial score (nSPS) is 17.5. The summed E-state index contributed by atoms with van der Waals surface area (Å²) >= 11 is 7.23. The summed E-state index contributed by atoms with van der Waals surface area (Å²) in [6.07, 6.45) is 13.7. The number of fused-ring (bicyclic) bond motifs is 2. The molecule has 0 N–H and O–H groups in total. The van der Waals surface area contributed by atoms with Gasteiger partial charge in [0, 0.05) is 23.6 Å². The number of hydrogen-bond donors (Lipinski definition) is 0. The lowest BCUT2D eigenvalue weighted by Gasteiger charge is -2.22. The number of aromatic nitrogens is 1. The molecule has 7 nitrogen and oxygen atoms in total. The Morgan fingerprint density at radius 3 is 2.24 bits per heavy atom. The third-order valence-corrected chi connectivity index (χ3v) is 13.1. The van der Waals surface area contributed by atoms with Gasteiger partial charge in [0.25, 0.3) is 5.01 Å². The van der Waals surface area contributed by atoms with Crippen LogP contribution < -0.4 is 18.9 Å². The summed E-state index contributed by atoms with van der Waals surface area (Å²) in [7, 11) is -0.750. The van der Waals surface area contributed by atoms with Gasteiger partial charge in [-0.05, 0) is 93.5 Å². The number of anilines is 1. The fraction of sp³-hybridized carbons (Fsp3) is 0.342. The minimum atomic E-state index is -4.27. The van der Waals surface area contributed by atoms with Gasteiger partial charge >= 0.3 is 0 Å². The standard InChI is InChI=1S/C31H37N2O2S4.C7H8O3S/c1-8-32-22-15-24(34-4)28(36-6)17-26(22)38-30(32)13-20-10-19(3)11-21(12-20)14-31-33(9-2)23-16-25(35-5)29(37-7)18-27(23)39-31;1-6-2-4-7(5-3-6)11(8,9)10/h12-19H,8-11H2,1-7H3;2-5H,1H3,(H,8,9,10)/q+1;/p-1. The highest BCUT2D eigenvalue weighted by molar-refractivity contribution is 8.03. The van der Waals surface area contributed by atoms with Crippen molar-refractivity contribution in [2.45, 2.75) is 66.7 Å². The molecule has 1 aromatic heterocycles. The second kappa shape index (κ2) is 16.6. The largest absolute Gasteiger partial charge is 0.744 e. The minimum absolute atomic E-state index is 0.178. The summed E-state index contributed by atoms with van der Waals surface area (Å²) in [6, 6.07) is 14.7. The summed E-state index contributed by atoms with van der Waals surface area (Å²) in [6.45, 7) is 10.5. The summed E-state index contributed by atoms with van der Waals surface area (Å²) in [5, 5.41) is 2.60. The molecular formula is C38H44N2O5S5. The van der Waals surface area contributed by atoms with E-state index in [1.165, 1.54) is 63.9 Å². The lowest BCUT2D eigenvalue weighted by atomic mass is 9.87. The average Bonchev–Trinajstić information content (AvgIpc) is 3.61. The molecular weight excluding hydrogens is 725 g/mol. The zero-order valence-corrected chi connectivity index (χ0v) is 33.8. The Balaban J connectivity index is 0.000000377. The van der Waals surface area contributed by atoms with Gasteiger partial charge in [-0.15, -0.1) is 23.5 Å². The second-order valence-corrected chi connectivity index (χ2v) is 17.3. The van der Waals surface area contributed by atoms with Gasteiger partial charge in [-0.3, -0.25) is 0 Å². The fourth-order valence-electron chi connectivity index (χ4n) is 6.18. The van der Waals surface area contributed by atoms with Crippen LogP contribution in [0.4, 0.5) is 5.69 Å². The Hall–Kier alpha value is -2.87. The molecule has 3 aromatic carbocycles. The van der Waals surface area contributed by atoms with E-state index in [-0.39, 0.29) is 4.90 Å². The molecule has 0 spiro atoms. The zero-order chi connectivity index (χ0) is 36.2. The maximum absolute atomic E-state index is 10.4. The topological polar surface area (TPSA) is 82.8 Å². The molecule has 2 heterocycles. The van der Waals surface area contributed by atoms with Crippen molar-refractivity contribution in [3.8, 4) is 11.5 Å². The van der Waals surface area contributed by atoms with Gasteiger partial charge in [0.15, 0.2) is 0 Å². The third kappa shape index (κ3) is 8.59. The SMILES string of the molecule is CCN1/C(=C/C2=CC(=C/c3sc4cc(SC)c(OC)cc4[n+]3CC)/CC(C)C2)Sc2cc(SC)c(OC)cc21.Cc1ccc(S(=O)(=O)[O-])cc1. The van der Waals surface area contributed by atoms with E-state index >= 15 is 0 Å². The molecule has 12 heteroatoms. The highest BCUT2D eigenvalue weighted by Crippen LogP contribution is 2.50. The highest BCUT2D eigenvalue weighted by Gasteiger charge is 2.28. The van der Waals surface area contributed by atoms with Crippen molar-refractivity contribution in [2.75, 3.05) is 38.2 Å². The maximum atomic E-state index is 10.4. The number of nitrogens with zero attached hydrogens (tertiary/aromatic N) is 2. The number of thiazole rings is 1. The monoisotopic (exact) mass is 768 g/mol. The molecule has 0 saturated heterocycles. The van der Waals surface area contributed by atoms with E-state index in [2.05, 4.69) is 85.2 Å². The summed E-state index contributed by atoms with van der Waals surface area (Å²) in [4.78, 5) is 5.92. The van der Waals surface area contributed by atoms with Crippen LogP contribution in [0.1, 0.15) is 44.2 Å². The molecule has 4 aromatic rings. The number of benzene rings is 3. The Bertz CT molecular complexity index is 2070. The van der Waals surface area contributed by atoms with Crippen LogP contribution in [0.5, 0.6) is 11.5 Å². The summed E-state index contributed by atoms with van der Waals surface area (Å²) < 4.78 is 46.3. The first kappa shape index (κ1) is 38.4. The van der Waals surface area contributed by atoms with Crippen LogP contribution in [0.25, 0.3) is 16.3 Å². The molecule has 0 radical (unpaired) electrons. The number of allylic oxidation sites excluding steroid dienone is 4. The van der Waals surface area contributed by atoms with Crippen molar-refractivity contribution in [1.82, 2.24) is 0 Å². The Labute approximate surface area is 313 Å². The quantitative estimate of drug-likeness (QED) is 0.0939. The summed E-state index contributed by atoms with van der Waals surface area (Å²) in [5.41, 5.74) is 6.23. The highest BCUT2D eigenvalue weighted by atomic mass is 32.2. The van der Waals surface area contributed by atoms with Crippen LogP contribution in [0, 0.1) is 12.8 Å². The molecule has 0 amide bonds. The van der Waals surface area contributed by atoms with Crippen molar-refractivity contribution < 1.29 is 27.0 Å². The first-order chi connectivity index (χ1) is 23.9. The maximum Gasteiger partial charge on any atom is 0.263 e. The first-order valence-corrected chi connectivity index (χ1v) is 21.9. The van der Waals surface area contributed by atoms with E-state index in [0.717, 1.165) is 43.0 Å². The number of hydrogen-bond acceptors (Lipinski definition) is 10. The number of methoxy groups -OCH3 is 2. The van der Waals surface area contributed by atoms with Crippen LogP contribution in [-0.4, -0.2) is 46.2 Å². The van der Waals surface area contributed by atoms with Gasteiger partial charge in [-0.2, -0.15) is 4.57 Å². The predicted octanol–water partition coefficient (Wildman–Crippen LogP) is 9.78. The van der Waals surface area contributed by atoms with Crippen molar-refractivity contribution in [3.63, 3.8) is 0 Å². The van der Waals surface area contributed by atoms with Crippen molar-refractivity contribution >= 4 is 78.7 Å². The van der Waals surface area contributed by atoms with E-state index in [9.17, 15) is 13.0 Å². The molecule has 1 aliphatic carbocycles. The van der Waals surface area contributed by atoms with Crippen molar-refractivity contribution in [2.24, 2.45) is 5.92 Å². The third-order valence-electron chi connectivity index (χ3n) is 8.57.